The number of nitrogens with one attached hydrogen (secondary N) is 1. The molecule has 0 saturated heterocycles. The molecule has 0 aliphatic rings. The van der Waals surface area contributed by atoms with Gasteiger partial charge in [0.1, 0.15) is 5.75 Å². The van der Waals surface area contributed by atoms with Crippen LogP contribution in [0.1, 0.15) is 11.1 Å². The molecule has 0 spiro atoms. The van der Waals surface area contributed by atoms with Gasteiger partial charge in [-0.15, -0.1) is 0 Å². The topological polar surface area (TPSA) is 101 Å². The molecular weight excluding hydrogens is 398 g/mol. The third kappa shape index (κ3) is 4.02. The van der Waals surface area contributed by atoms with Gasteiger partial charge in [0.15, 0.2) is 0 Å². The van der Waals surface area contributed by atoms with E-state index in [0.717, 1.165) is 17.2 Å². The molecule has 0 aromatic heterocycles. The molecule has 3 rings (SSSR count). The Morgan fingerprint density at radius 2 is 1.14 bits per heavy atom. The number of sulfonamides is 1. The van der Waals surface area contributed by atoms with Crippen LogP contribution in [-0.4, -0.2) is 21.9 Å². The predicted octanol–water partition coefficient (Wildman–Crippen LogP) is 3.64. The Balaban J connectivity index is 1.92. The molecule has 0 fully saturated rings. The number of phenols is 1. The molecule has 0 saturated carbocycles. The van der Waals surface area contributed by atoms with Crippen LogP contribution in [0.5, 0.6) is 5.75 Å². The van der Waals surface area contributed by atoms with Crippen molar-refractivity contribution in [2.45, 2.75) is 28.5 Å². The van der Waals surface area contributed by atoms with E-state index in [2.05, 4.69) is 4.72 Å². The van der Waals surface area contributed by atoms with Gasteiger partial charge in [-0.25, -0.2) is 16.8 Å². The summed E-state index contributed by atoms with van der Waals surface area (Å²) in [6.07, 6.45) is 0. The molecule has 3 aromatic rings. The fourth-order valence-electron chi connectivity index (χ4n) is 2.54. The average molecular weight is 418 g/mol. The molecule has 3 aromatic carbocycles. The van der Waals surface area contributed by atoms with Gasteiger partial charge in [0, 0.05) is 6.07 Å². The van der Waals surface area contributed by atoms with Gasteiger partial charge < -0.3 is 5.11 Å². The molecule has 0 atom stereocenters. The first-order chi connectivity index (χ1) is 13.1. The van der Waals surface area contributed by atoms with Crippen LogP contribution in [0.25, 0.3) is 0 Å². The summed E-state index contributed by atoms with van der Waals surface area (Å²) in [7, 11) is -7.75. The van der Waals surface area contributed by atoms with E-state index < -0.39 is 25.6 Å². The number of benzene rings is 3. The van der Waals surface area contributed by atoms with E-state index in [-0.39, 0.29) is 20.4 Å². The summed E-state index contributed by atoms with van der Waals surface area (Å²) in [4.78, 5) is -0.00789. The van der Waals surface area contributed by atoms with Crippen LogP contribution in [-0.2, 0) is 19.9 Å². The van der Waals surface area contributed by atoms with Gasteiger partial charge in [0.25, 0.3) is 10.0 Å². The number of hydrogen-bond acceptors (Lipinski definition) is 5. The molecule has 0 amide bonds. The summed E-state index contributed by atoms with van der Waals surface area (Å²) in [5.41, 5.74) is 1.72. The van der Waals surface area contributed by atoms with Crippen molar-refractivity contribution < 1.29 is 21.9 Å². The fourth-order valence-corrected chi connectivity index (χ4v) is 4.89. The van der Waals surface area contributed by atoms with Crippen LogP contribution in [0.2, 0.25) is 0 Å². The van der Waals surface area contributed by atoms with Crippen molar-refractivity contribution in [3.05, 3.63) is 77.9 Å². The lowest BCUT2D eigenvalue weighted by molar-refractivity contribution is 0.475. The highest BCUT2D eigenvalue weighted by Gasteiger charge is 2.21. The zero-order chi connectivity index (χ0) is 20.5. The standard InChI is InChI=1S/C20H19NO5S2/c1-14-3-7-16(8-4-14)27(23,24)18-11-12-19(20(22)13-18)21-28(25,26)17-9-5-15(2)6-10-17/h3-13,21-22H,1-2H3. The quantitative estimate of drug-likeness (QED) is 0.617. The smallest absolute Gasteiger partial charge is 0.262 e. The van der Waals surface area contributed by atoms with Crippen molar-refractivity contribution in [3.8, 4) is 5.75 Å². The van der Waals surface area contributed by atoms with Crippen molar-refractivity contribution in [1.29, 1.82) is 0 Å². The van der Waals surface area contributed by atoms with E-state index in [1.54, 1.807) is 24.3 Å². The molecule has 0 heterocycles. The second-order valence-corrected chi connectivity index (χ2v) is 10.0. The SMILES string of the molecule is Cc1ccc(S(=O)(=O)Nc2ccc(S(=O)(=O)c3ccc(C)cc3)cc2O)cc1. The van der Waals surface area contributed by atoms with Crippen LogP contribution in [0.4, 0.5) is 5.69 Å². The second kappa shape index (κ2) is 7.29. The Kier molecular flexibility index (Phi) is 5.18. The lowest BCUT2D eigenvalue weighted by atomic mass is 10.2. The Hall–Kier alpha value is -2.84. The van der Waals surface area contributed by atoms with Crippen molar-refractivity contribution in [2.75, 3.05) is 4.72 Å². The summed E-state index contributed by atoms with van der Waals surface area (Å²) in [6.45, 7) is 3.68. The minimum Gasteiger partial charge on any atom is -0.506 e. The Bertz CT molecular complexity index is 1210. The van der Waals surface area contributed by atoms with E-state index in [1.807, 2.05) is 13.8 Å². The fraction of sp³-hybridized carbons (Fsp3) is 0.100. The van der Waals surface area contributed by atoms with Gasteiger partial charge in [-0.2, -0.15) is 0 Å². The van der Waals surface area contributed by atoms with E-state index in [9.17, 15) is 21.9 Å². The summed E-state index contributed by atoms with van der Waals surface area (Å²) in [6, 6.07) is 16.0. The monoisotopic (exact) mass is 417 g/mol. The van der Waals surface area contributed by atoms with E-state index in [0.29, 0.717) is 0 Å². The van der Waals surface area contributed by atoms with Crippen molar-refractivity contribution in [2.24, 2.45) is 0 Å². The Morgan fingerprint density at radius 1 is 0.679 bits per heavy atom. The molecule has 0 bridgehead atoms. The van der Waals surface area contributed by atoms with Crippen molar-refractivity contribution >= 4 is 25.5 Å². The summed E-state index contributed by atoms with van der Waals surface area (Å²) >= 11 is 0. The van der Waals surface area contributed by atoms with Gasteiger partial charge in [0.05, 0.1) is 20.4 Å². The van der Waals surface area contributed by atoms with Gasteiger partial charge in [-0.1, -0.05) is 35.4 Å². The molecule has 0 aliphatic carbocycles. The third-order valence-corrected chi connectivity index (χ3v) is 7.34. The van der Waals surface area contributed by atoms with Gasteiger partial charge in [0.2, 0.25) is 9.84 Å². The zero-order valence-electron chi connectivity index (χ0n) is 15.2. The largest absolute Gasteiger partial charge is 0.506 e. The Labute approximate surface area is 164 Å². The molecule has 0 unspecified atom stereocenters. The number of anilines is 1. The molecule has 146 valence electrons. The van der Waals surface area contributed by atoms with Crippen molar-refractivity contribution in [3.63, 3.8) is 0 Å². The highest BCUT2D eigenvalue weighted by Crippen LogP contribution is 2.31. The lowest BCUT2D eigenvalue weighted by Crippen LogP contribution is -2.13. The summed E-state index contributed by atoms with van der Waals surface area (Å²) < 4.78 is 52.6. The summed E-state index contributed by atoms with van der Waals surface area (Å²) in [5, 5.41) is 10.2. The van der Waals surface area contributed by atoms with Gasteiger partial charge in [-0.3, -0.25) is 4.72 Å². The maximum atomic E-state index is 12.7. The molecular formula is C20H19NO5S2. The maximum absolute atomic E-state index is 12.7. The zero-order valence-corrected chi connectivity index (χ0v) is 16.9. The van der Waals surface area contributed by atoms with Crippen molar-refractivity contribution in [1.82, 2.24) is 0 Å². The average Bonchev–Trinajstić information content (AvgIpc) is 2.64. The number of rotatable bonds is 5. The number of phenolic OH excluding ortho intramolecular Hbond substituents is 1. The highest BCUT2D eigenvalue weighted by molar-refractivity contribution is 7.92. The predicted molar refractivity (Wildman–Crippen MR) is 107 cm³/mol. The normalized spacial score (nSPS) is 11.9. The third-order valence-electron chi connectivity index (χ3n) is 4.19. The van der Waals surface area contributed by atoms with Crippen LogP contribution in [0, 0.1) is 13.8 Å². The maximum Gasteiger partial charge on any atom is 0.262 e. The molecule has 0 radical (unpaired) electrons. The molecule has 0 aliphatic heterocycles. The number of sulfone groups is 1. The van der Waals surface area contributed by atoms with Gasteiger partial charge >= 0.3 is 0 Å². The first-order valence-electron chi connectivity index (χ1n) is 8.34. The molecule has 8 heteroatoms. The second-order valence-electron chi connectivity index (χ2n) is 6.41. The Morgan fingerprint density at radius 3 is 1.64 bits per heavy atom. The minimum atomic E-state index is -3.92. The van der Waals surface area contributed by atoms with Crippen LogP contribution in [0.3, 0.4) is 0 Å². The van der Waals surface area contributed by atoms with Gasteiger partial charge in [-0.05, 0) is 50.2 Å². The van der Waals surface area contributed by atoms with E-state index in [1.165, 1.54) is 36.4 Å². The molecule has 2 N–H and O–H groups in total. The number of aromatic hydroxyl groups is 1. The molecule has 28 heavy (non-hydrogen) atoms. The lowest BCUT2D eigenvalue weighted by Gasteiger charge is -2.12. The van der Waals surface area contributed by atoms with Crippen LogP contribution < -0.4 is 4.72 Å². The highest BCUT2D eigenvalue weighted by atomic mass is 32.2. The first kappa shape index (κ1) is 19.9. The van der Waals surface area contributed by atoms with E-state index in [4.69, 9.17) is 0 Å². The number of aryl methyl sites for hydroxylation is 2. The summed E-state index contributed by atoms with van der Waals surface area (Å²) in [5.74, 6) is -0.483. The van der Waals surface area contributed by atoms with E-state index >= 15 is 0 Å². The number of hydrogen-bond donors (Lipinski definition) is 2. The minimum absolute atomic E-state index is 0.0360. The molecule has 6 nitrogen and oxygen atoms in total. The van der Waals surface area contributed by atoms with Crippen LogP contribution in [0.15, 0.2) is 81.4 Å². The first-order valence-corrected chi connectivity index (χ1v) is 11.3. The van der Waals surface area contributed by atoms with Crippen LogP contribution >= 0.6 is 0 Å².